The van der Waals surface area contributed by atoms with Gasteiger partial charge in [-0.25, -0.2) is 4.98 Å². The second-order valence-electron chi connectivity index (χ2n) is 6.54. The number of amides is 1. The maximum atomic E-state index is 12.2. The van der Waals surface area contributed by atoms with E-state index in [0.29, 0.717) is 11.4 Å². The Morgan fingerprint density at radius 3 is 2.84 bits per heavy atom. The molecule has 0 aliphatic heterocycles. The fraction of sp³-hybridized carbons (Fsp3) is 0.333. The zero-order valence-electron chi connectivity index (χ0n) is 14.7. The molecule has 1 aliphatic rings. The number of allylic oxidation sites excluding steroid dienone is 1. The van der Waals surface area contributed by atoms with Gasteiger partial charge in [-0.1, -0.05) is 29.3 Å². The van der Waals surface area contributed by atoms with Gasteiger partial charge in [0.1, 0.15) is 5.82 Å². The summed E-state index contributed by atoms with van der Waals surface area (Å²) >= 11 is 0. The zero-order valence-corrected chi connectivity index (χ0v) is 14.7. The number of hydrogen-bond donors (Lipinski definition) is 2. The first-order chi connectivity index (χ1) is 12.2. The number of aromatic nitrogens is 1. The standard InChI is InChI=1S/C21H25N3O/c1-16-6-5-9-18(14-16)21(25)24-20-11-10-19(15-23-20)22-13-12-17-7-3-2-4-8-17/h5-7,9-11,14-15,22H,2-4,8,12-13H2,1H3,(H,23,24,25). The summed E-state index contributed by atoms with van der Waals surface area (Å²) in [6, 6.07) is 11.3. The van der Waals surface area contributed by atoms with Crippen LogP contribution in [0.2, 0.25) is 0 Å². The molecule has 130 valence electrons. The number of carbonyl (C=O) groups excluding carboxylic acids is 1. The molecule has 2 N–H and O–H groups in total. The van der Waals surface area contributed by atoms with Gasteiger partial charge in [-0.2, -0.15) is 0 Å². The number of nitrogens with zero attached hydrogens (tertiary/aromatic N) is 1. The Hall–Kier alpha value is -2.62. The first-order valence-electron chi connectivity index (χ1n) is 8.96. The van der Waals surface area contributed by atoms with E-state index in [9.17, 15) is 4.79 Å². The third kappa shape index (κ3) is 5.18. The Balaban J connectivity index is 1.50. The van der Waals surface area contributed by atoms with Gasteiger partial charge in [-0.15, -0.1) is 0 Å². The van der Waals surface area contributed by atoms with Crippen molar-refractivity contribution in [2.75, 3.05) is 17.2 Å². The molecule has 0 fully saturated rings. The lowest BCUT2D eigenvalue weighted by molar-refractivity contribution is 0.102. The van der Waals surface area contributed by atoms with Crippen molar-refractivity contribution in [3.63, 3.8) is 0 Å². The van der Waals surface area contributed by atoms with Crippen LogP contribution in [0.1, 0.15) is 48.0 Å². The minimum atomic E-state index is -0.138. The first-order valence-corrected chi connectivity index (χ1v) is 8.96. The van der Waals surface area contributed by atoms with Crippen LogP contribution in [-0.2, 0) is 0 Å². The van der Waals surface area contributed by atoms with E-state index in [2.05, 4.69) is 21.7 Å². The van der Waals surface area contributed by atoms with E-state index in [0.717, 1.165) is 24.2 Å². The van der Waals surface area contributed by atoms with Crippen molar-refractivity contribution in [2.24, 2.45) is 0 Å². The van der Waals surface area contributed by atoms with Crippen LogP contribution < -0.4 is 10.6 Å². The molecule has 0 spiro atoms. The summed E-state index contributed by atoms with van der Waals surface area (Å²) in [5, 5.41) is 6.23. The van der Waals surface area contributed by atoms with Gasteiger partial charge < -0.3 is 10.6 Å². The summed E-state index contributed by atoms with van der Waals surface area (Å²) in [5.41, 5.74) is 4.25. The van der Waals surface area contributed by atoms with E-state index in [-0.39, 0.29) is 5.91 Å². The number of nitrogens with one attached hydrogen (secondary N) is 2. The SMILES string of the molecule is Cc1cccc(C(=O)Nc2ccc(NCCC3=CCCCC3)cn2)c1. The highest BCUT2D eigenvalue weighted by molar-refractivity contribution is 6.03. The number of rotatable bonds is 6. The molecule has 1 aromatic heterocycles. The number of aryl methyl sites for hydroxylation is 1. The fourth-order valence-corrected chi connectivity index (χ4v) is 3.05. The van der Waals surface area contributed by atoms with E-state index in [4.69, 9.17) is 0 Å². The van der Waals surface area contributed by atoms with Crippen molar-refractivity contribution in [3.05, 3.63) is 65.4 Å². The minimum absolute atomic E-state index is 0.138. The fourth-order valence-electron chi connectivity index (χ4n) is 3.05. The summed E-state index contributed by atoms with van der Waals surface area (Å²) < 4.78 is 0. The molecule has 0 saturated heterocycles. The van der Waals surface area contributed by atoms with Crippen molar-refractivity contribution in [1.82, 2.24) is 4.98 Å². The smallest absolute Gasteiger partial charge is 0.256 e. The van der Waals surface area contributed by atoms with Crippen LogP contribution in [0.4, 0.5) is 11.5 Å². The lowest BCUT2D eigenvalue weighted by atomic mass is 9.97. The van der Waals surface area contributed by atoms with Crippen molar-refractivity contribution in [1.29, 1.82) is 0 Å². The van der Waals surface area contributed by atoms with Crippen LogP contribution in [0.5, 0.6) is 0 Å². The van der Waals surface area contributed by atoms with Gasteiger partial charge in [0.2, 0.25) is 0 Å². The molecule has 1 amide bonds. The molecule has 25 heavy (non-hydrogen) atoms. The van der Waals surface area contributed by atoms with Gasteiger partial charge in [-0.3, -0.25) is 4.79 Å². The van der Waals surface area contributed by atoms with Gasteiger partial charge in [-0.05, 0) is 63.3 Å². The van der Waals surface area contributed by atoms with Crippen molar-refractivity contribution < 1.29 is 4.79 Å². The molecule has 0 atom stereocenters. The van der Waals surface area contributed by atoms with E-state index in [1.807, 2.05) is 37.3 Å². The Morgan fingerprint density at radius 2 is 2.12 bits per heavy atom. The molecule has 2 aromatic rings. The molecule has 1 aliphatic carbocycles. The molecule has 3 rings (SSSR count). The second kappa shape index (κ2) is 8.47. The average molecular weight is 335 g/mol. The molecular weight excluding hydrogens is 310 g/mol. The molecule has 4 nitrogen and oxygen atoms in total. The van der Waals surface area contributed by atoms with Gasteiger partial charge in [0, 0.05) is 12.1 Å². The largest absolute Gasteiger partial charge is 0.383 e. The van der Waals surface area contributed by atoms with Crippen LogP contribution in [0.25, 0.3) is 0 Å². The summed E-state index contributed by atoms with van der Waals surface area (Å²) in [4.78, 5) is 16.5. The number of carbonyl (C=O) groups is 1. The van der Waals surface area contributed by atoms with Gasteiger partial charge in [0.25, 0.3) is 5.91 Å². The number of hydrogen-bond acceptors (Lipinski definition) is 3. The van der Waals surface area contributed by atoms with Crippen LogP contribution in [0, 0.1) is 6.92 Å². The van der Waals surface area contributed by atoms with Crippen molar-refractivity contribution in [3.8, 4) is 0 Å². The Morgan fingerprint density at radius 1 is 1.20 bits per heavy atom. The van der Waals surface area contributed by atoms with Gasteiger partial charge >= 0.3 is 0 Å². The normalized spacial score (nSPS) is 13.9. The highest BCUT2D eigenvalue weighted by Gasteiger charge is 2.07. The molecule has 0 saturated carbocycles. The molecular formula is C21H25N3O. The predicted octanol–water partition coefficient (Wildman–Crippen LogP) is 4.94. The lowest BCUT2D eigenvalue weighted by Crippen LogP contribution is -2.13. The van der Waals surface area contributed by atoms with Crippen LogP contribution in [0.15, 0.2) is 54.2 Å². The Bertz CT molecular complexity index is 750. The van der Waals surface area contributed by atoms with E-state index in [1.165, 1.54) is 25.7 Å². The van der Waals surface area contributed by atoms with E-state index < -0.39 is 0 Å². The third-order valence-corrected chi connectivity index (χ3v) is 4.45. The van der Waals surface area contributed by atoms with E-state index >= 15 is 0 Å². The van der Waals surface area contributed by atoms with Gasteiger partial charge in [0.05, 0.1) is 11.9 Å². The van der Waals surface area contributed by atoms with Gasteiger partial charge in [0.15, 0.2) is 0 Å². The maximum Gasteiger partial charge on any atom is 0.256 e. The van der Waals surface area contributed by atoms with Crippen LogP contribution >= 0.6 is 0 Å². The summed E-state index contributed by atoms with van der Waals surface area (Å²) in [6.07, 6.45) is 10.4. The summed E-state index contributed by atoms with van der Waals surface area (Å²) in [6.45, 7) is 2.89. The molecule has 0 unspecified atom stereocenters. The molecule has 0 radical (unpaired) electrons. The van der Waals surface area contributed by atoms with Crippen LogP contribution in [-0.4, -0.2) is 17.4 Å². The highest BCUT2D eigenvalue weighted by atomic mass is 16.1. The monoisotopic (exact) mass is 335 g/mol. The predicted molar refractivity (Wildman–Crippen MR) is 103 cm³/mol. The topological polar surface area (TPSA) is 54.0 Å². The van der Waals surface area contributed by atoms with Crippen LogP contribution in [0.3, 0.4) is 0 Å². The number of pyridine rings is 1. The molecule has 1 aromatic carbocycles. The molecule has 0 bridgehead atoms. The maximum absolute atomic E-state index is 12.2. The van der Waals surface area contributed by atoms with Crippen molar-refractivity contribution in [2.45, 2.75) is 39.0 Å². The number of benzene rings is 1. The lowest BCUT2D eigenvalue weighted by Gasteiger charge is -2.13. The zero-order chi connectivity index (χ0) is 17.5. The number of anilines is 2. The summed E-state index contributed by atoms with van der Waals surface area (Å²) in [7, 11) is 0. The summed E-state index contributed by atoms with van der Waals surface area (Å²) in [5.74, 6) is 0.424. The van der Waals surface area contributed by atoms with E-state index in [1.54, 1.807) is 17.8 Å². The minimum Gasteiger partial charge on any atom is -0.383 e. The van der Waals surface area contributed by atoms with Crippen molar-refractivity contribution >= 4 is 17.4 Å². The Kier molecular flexibility index (Phi) is 5.83. The second-order valence-corrected chi connectivity index (χ2v) is 6.54. The average Bonchev–Trinajstić information content (AvgIpc) is 2.64. The Labute approximate surface area is 149 Å². The molecule has 4 heteroatoms. The first kappa shape index (κ1) is 17.2. The highest BCUT2D eigenvalue weighted by Crippen LogP contribution is 2.20. The quantitative estimate of drug-likeness (QED) is 0.735. The third-order valence-electron chi connectivity index (χ3n) is 4.45. The molecule has 1 heterocycles.